The minimum Gasteiger partial charge on any atom is -0.265 e. The van der Waals surface area contributed by atoms with Gasteiger partial charge in [0.2, 0.25) is 0 Å². The number of nitrogens with zero attached hydrogens (tertiary/aromatic N) is 1. The third-order valence-electron chi connectivity index (χ3n) is 1.26. The zero-order valence-corrected chi connectivity index (χ0v) is 7.71. The predicted octanol–water partition coefficient (Wildman–Crippen LogP) is 1.56. The molecule has 0 atom stereocenters. The monoisotopic (exact) mass is 248 g/mol. The van der Waals surface area contributed by atoms with Crippen molar-refractivity contribution in [2.75, 3.05) is 6.54 Å². The number of rotatable bonds is 3. The van der Waals surface area contributed by atoms with E-state index < -0.39 is 0 Å². The van der Waals surface area contributed by atoms with E-state index in [1.54, 1.807) is 0 Å². The molecule has 1 aromatic heterocycles. The molecule has 0 saturated carbocycles. The maximum atomic E-state index is 3.93. The Hall–Kier alpha value is -0.160. The quantitative estimate of drug-likeness (QED) is 0.648. The Kier molecular flexibility index (Phi) is 3.67. The molecule has 0 aliphatic carbocycles. The Morgan fingerprint density at radius 1 is 1.40 bits per heavy atom. The lowest BCUT2D eigenvalue weighted by molar-refractivity contribution is 0.929. The first-order chi connectivity index (χ1) is 4.93. The molecule has 54 valence electrons. The van der Waals surface area contributed by atoms with Crippen molar-refractivity contribution in [3.63, 3.8) is 0 Å². The highest BCUT2D eigenvalue weighted by Crippen LogP contribution is 1.95. The molecule has 0 aliphatic heterocycles. The molecule has 1 heterocycles. The Labute approximate surface area is 74.5 Å². The van der Waals surface area contributed by atoms with Gasteiger partial charge in [-0.1, -0.05) is 0 Å². The second-order valence-corrected chi connectivity index (χ2v) is 2.75. The van der Waals surface area contributed by atoms with Gasteiger partial charge in [-0.3, -0.25) is 8.51 Å². The Bertz CT molecular complexity index is 176. The fourth-order valence-corrected chi connectivity index (χ4v) is 1.01. The molecule has 3 heteroatoms. The fraction of sp³-hybridized carbons (Fsp3) is 0.286. The van der Waals surface area contributed by atoms with E-state index in [2.05, 4.69) is 31.4 Å². The van der Waals surface area contributed by atoms with Crippen LogP contribution in [0.25, 0.3) is 0 Å². The summed E-state index contributed by atoms with van der Waals surface area (Å²) in [5.74, 6) is 0. The van der Waals surface area contributed by atoms with Crippen LogP contribution < -0.4 is 3.53 Å². The summed E-state index contributed by atoms with van der Waals surface area (Å²) >= 11 is 2.15. The summed E-state index contributed by atoms with van der Waals surface area (Å²) in [6, 6.07) is 4.07. The van der Waals surface area contributed by atoms with Gasteiger partial charge in [0.25, 0.3) is 0 Å². The van der Waals surface area contributed by atoms with Crippen molar-refractivity contribution in [1.29, 1.82) is 0 Å². The van der Waals surface area contributed by atoms with Crippen molar-refractivity contribution in [2.45, 2.75) is 6.42 Å². The van der Waals surface area contributed by atoms with Crippen LogP contribution in [0.1, 0.15) is 5.56 Å². The first-order valence-electron chi connectivity index (χ1n) is 3.16. The number of aromatic nitrogens is 1. The first-order valence-corrected chi connectivity index (χ1v) is 4.24. The normalized spacial score (nSPS) is 9.70. The van der Waals surface area contributed by atoms with Crippen LogP contribution in [0, 0.1) is 0 Å². The van der Waals surface area contributed by atoms with Crippen LogP contribution in [0.2, 0.25) is 0 Å². The lowest BCUT2D eigenvalue weighted by Crippen LogP contribution is -2.03. The van der Waals surface area contributed by atoms with Gasteiger partial charge >= 0.3 is 0 Å². The average molecular weight is 248 g/mol. The lowest BCUT2D eigenvalue weighted by atomic mass is 10.2. The van der Waals surface area contributed by atoms with Gasteiger partial charge in [-0.2, -0.15) is 0 Å². The molecule has 1 rings (SSSR count). The molecule has 0 spiro atoms. The van der Waals surface area contributed by atoms with Gasteiger partial charge in [-0.15, -0.1) is 0 Å². The van der Waals surface area contributed by atoms with Gasteiger partial charge in [0, 0.05) is 41.8 Å². The van der Waals surface area contributed by atoms with Crippen LogP contribution in [0.4, 0.5) is 0 Å². The standard InChI is InChI=1S/C7H9IN2/c8-10-6-3-7-1-4-9-5-2-7/h1-2,4-5,10H,3,6H2. The summed E-state index contributed by atoms with van der Waals surface area (Å²) in [7, 11) is 0. The Morgan fingerprint density at radius 3 is 2.70 bits per heavy atom. The molecule has 0 aliphatic rings. The summed E-state index contributed by atoms with van der Waals surface area (Å²) in [6.07, 6.45) is 4.72. The molecule has 1 aromatic rings. The Balaban J connectivity index is 2.43. The van der Waals surface area contributed by atoms with Crippen molar-refractivity contribution < 1.29 is 0 Å². The summed E-state index contributed by atoms with van der Waals surface area (Å²) in [4.78, 5) is 3.93. The second-order valence-electron chi connectivity index (χ2n) is 1.99. The molecule has 0 bridgehead atoms. The number of halogens is 1. The van der Waals surface area contributed by atoms with E-state index in [1.807, 2.05) is 24.5 Å². The third-order valence-corrected chi connectivity index (χ3v) is 1.80. The lowest BCUT2D eigenvalue weighted by Gasteiger charge is -1.96. The van der Waals surface area contributed by atoms with Crippen LogP contribution in [0.5, 0.6) is 0 Å². The zero-order valence-electron chi connectivity index (χ0n) is 5.55. The molecule has 0 amide bonds. The van der Waals surface area contributed by atoms with E-state index in [-0.39, 0.29) is 0 Å². The minimum atomic E-state index is 1.02. The molecule has 0 unspecified atom stereocenters. The van der Waals surface area contributed by atoms with Crippen LogP contribution in [0.15, 0.2) is 24.5 Å². The topological polar surface area (TPSA) is 24.9 Å². The maximum absolute atomic E-state index is 3.93. The molecule has 1 N–H and O–H groups in total. The van der Waals surface area contributed by atoms with E-state index in [0.29, 0.717) is 0 Å². The molecule has 0 aromatic carbocycles. The molecule has 0 radical (unpaired) electrons. The van der Waals surface area contributed by atoms with E-state index in [0.717, 1.165) is 13.0 Å². The number of hydrogen-bond donors (Lipinski definition) is 1. The smallest absolute Gasteiger partial charge is 0.0270 e. The van der Waals surface area contributed by atoms with E-state index in [9.17, 15) is 0 Å². The summed E-state index contributed by atoms with van der Waals surface area (Å²) in [6.45, 7) is 1.02. The van der Waals surface area contributed by atoms with Gasteiger partial charge in [-0.25, -0.2) is 0 Å². The van der Waals surface area contributed by atoms with E-state index in [1.165, 1.54) is 5.56 Å². The molecule has 0 fully saturated rings. The van der Waals surface area contributed by atoms with Crippen molar-refractivity contribution in [3.05, 3.63) is 30.1 Å². The van der Waals surface area contributed by atoms with Gasteiger partial charge in [0.15, 0.2) is 0 Å². The fourth-order valence-electron chi connectivity index (χ4n) is 0.741. The van der Waals surface area contributed by atoms with E-state index in [4.69, 9.17) is 0 Å². The van der Waals surface area contributed by atoms with Gasteiger partial charge in [0.05, 0.1) is 0 Å². The number of hydrogen-bond acceptors (Lipinski definition) is 2. The van der Waals surface area contributed by atoms with Crippen LogP contribution in [-0.2, 0) is 6.42 Å². The molecule has 0 saturated heterocycles. The van der Waals surface area contributed by atoms with Crippen molar-refractivity contribution in [2.24, 2.45) is 0 Å². The van der Waals surface area contributed by atoms with Crippen molar-refractivity contribution in [1.82, 2.24) is 8.51 Å². The van der Waals surface area contributed by atoms with Crippen LogP contribution in [0.3, 0.4) is 0 Å². The first kappa shape index (κ1) is 7.94. The van der Waals surface area contributed by atoms with Gasteiger partial charge in [0.1, 0.15) is 0 Å². The maximum Gasteiger partial charge on any atom is 0.0270 e. The van der Waals surface area contributed by atoms with E-state index >= 15 is 0 Å². The molecule has 2 nitrogen and oxygen atoms in total. The zero-order chi connectivity index (χ0) is 7.23. The van der Waals surface area contributed by atoms with Crippen LogP contribution in [-0.4, -0.2) is 11.5 Å². The molecular weight excluding hydrogens is 239 g/mol. The highest BCUT2D eigenvalue weighted by atomic mass is 127. The number of nitrogens with one attached hydrogen (secondary N) is 1. The average Bonchev–Trinajstić information content (AvgIpc) is 2.03. The van der Waals surface area contributed by atoms with Gasteiger partial charge < -0.3 is 0 Å². The highest BCUT2D eigenvalue weighted by Gasteiger charge is 1.87. The second kappa shape index (κ2) is 4.62. The van der Waals surface area contributed by atoms with Crippen molar-refractivity contribution in [3.8, 4) is 0 Å². The highest BCUT2D eigenvalue weighted by molar-refractivity contribution is 14.1. The largest absolute Gasteiger partial charge is 0.265 e. The predicted molar refractivity (Wildman–Crippen MR) is 50.0 cm³/mol. The van der Waals surface area contributed by atoms with Crippen LogP contribution >= 0.6 is 22.9 Å². The number of pyridine rings is 1. The molecule has 10 heavy (non-hydrogen) atoms. The third kappa shape index (κ3) is 2.62. The van der Waals surface area contributed by atoms with Crippen molar-refractivity contribution >= 4 is 22.9 Å². The summed E-state index contributed by atoms with van der Waals surface area (Å²) in [5.41, 5.74) is 1.33. The summed E-state index contributed by atoms with van der Waals surface area (Å²) in [5, 5.41) is 0. The van der Waals surface area contributed by atoms with Gasteiger partial charge in [-0.05, 0) is 24.1 Å². The molecular formula is C7H9IN2. The minimum absolute atomic E-state index is 1.02. The summed E-state index contributed by atoms with van der Waals surface area (Å²) < 4.78 is 3.07. The Morgan fingerprint density at radius 2 is 2.10 bits per heavy atom. The SMILES string of the molecule is INCCc1ccncc1.